The maximum absolute atomic E-state index is 6.33. The van der Waals surface area contributed by atoms with Gasteiger partial charge in [-0.15, -0.1) is 6.58 Å². The third-order valence-electron chi connectivity index (χ3n) is 3.51. The third kappa shape index (κ3) is 11.4. The molecule has 0 fully saturated rings. The molecule has 17 heavy (non-hydrogen) atoms. The summed E-state index contributed by atoms with van der Waals surface area (Å²) in [5, 5.41) is 2.46. The van der Waals surface area contributed by atoms with Crippen molar-refractivity contribution in [3.05, 3.63) is 12.7 Å². The zero-order valence-electron chi connectivity index (χ0n) is 11.9. The summed E-state index contributed by atoms with van der Waals surface area (Å²) in [6.45, 7) is 8.44. The Bertz CT molecular complexity index is 170. The monoisotopic (exact) mass is 272 g/mol. The highest BCUT2D eigenvalue weighted by Gasteiger charge is 2.16. The molecule has 0 saturated carbocycles. The quantitative estimate of drug-likeness (QED) is 0.226. The molecule has 0 aromatic heterocycles. The van der Waals surface area contributed by atoms with Crippen molar-refractivity contribution in [1.29, 1.82) is 0 Å². The maximum atomic E-state index is 6.33. The maximum Gasteiger partial charge on any atom is 0.399 e. The molecule has 0 saturated heterocycles. The molecule has 0 aliphatic carbocycles. The Morgan fingerprint density at radius 2 is 1.65 bits per heavy atom. The van der Waals surface area contributed by atoms with Crippen LogP contribution < -0.4 is 0 Å². The van der Waals surface area contributed by atoms with E-state index in [-0.39, 0.29) is 0 Å². The van der Waals surface area contributed by atoms with E-state index in [0.29, 0.717) is 5.92 Å². The van der Waals surface area contributed by atoms with Crippen molar-refractivity contribution in [2.75, 3.05) is 0 Å². The van der Waals surface area contributed by atoms with Gasteiger partial charge in [-0.25, -0.2) is 0 Å². The van der Waals surface area contributed by atoms with Crippen molar-refractivity contribution in [2.24, 2.45) is 5.92 Å². The van der Waals surface area contributed by atoms with E-state index in [1.807, 2.05) is 0 Å². The summed E-state index contributed by atoms with van der Waals surface area (Å²) >= 11 is -0.930. The summed E-state index contributed by atoms with van der Waals surface area (Å²) in [6.07, 6.45) is 13.2. The van der Waals surface area contributed by atoms with Crippen LogP contribution in [0, 0.1) is 5.92 Å². The molecule has 0 amide bonds. The topological polar surface area (TPSA) is 0 Å². The molecular formula is C15H30AlCl. The smallest absolute Gasteiger partial charge is 0.261 e. The van der Waals surface area contributed by atoms with Crippen molar-refractivity contribution in [3.63, 3.8) is 0 Å². The predicted octanol–water partition coefficient (Wildman–Crippen LogP) is 6.18. The highest BCUT2D eigenvalue weighted by Crippen LogP contribution is 2.21. The van der Waals surface area contributed by atoms with Gasteiger partial charge in [-0.3, -0.25) is 10.0 Å². The zero-order valence-corrected chi connectivity index (χ0v) is 13.8. The zero-order chi connectivity index (χ0) is 12.9. The first kappa shape index (κ1) is 17.6. The molecule has 0 N–H and O–H groups in total. The lowest BCUT2D eigenvalue weighted by Crippen LogP contribution is -2.08. The van der Waals surface area contributed by atoms with Crippen LogP contribution in [0.25, 0.3) is 0 Å². The SMILES string of the molecule is C=CC(CCCCCCCCC)[CH2][Al]([Cl])[CH2]C. The number of hydrogen-bond acceptors (Lipinski definition) is 0. The van der Waals surface area contributed by atoms with E-state index in [0.717, 1.165) is 0 Å². The summed E-state index contributed by atoms with van der Waals surface area (Å²) in [5.74, 6) is 0.694. The minimum Gasteiger partial charge on any atom is -0.261 e. The normalized spacial score (nSPS) is 12.4. The van der Waals surface area contributed by atoms with Gasteiger partial charge in [0.15, 0.2) is 0 Å². The molecule has 0 aromatic carbocycles. The lowest BCUT2D eigenvalue weighted by molar-refractivity contribution is 0.536. The van der Waals surface area contributed by atoms with Crippen molar-refractivity contribution in [1.82, 2.24) is 0 Å². The summed E-state index contributed by atoms with van der Waals surface area (Å²) in [7, 11) is 6.33. The van der Waals surface area contributed by atoms with Crippen LogP contribution in [0.2, 0.25) is 10.6 Å². The summed E-state index contributed by atoms with van der Waals surface area (Å²) in [5.41, 5.74) is 0. The van der Waals surface area contributed by atoms with E-state index in [9.17, 15) is 0 Å². The average molecular weight is 273 g/mol. The highest BCUT2D eigenvalue weighted by atomic mass is 35.6. The molecule has 1 atom stereocenters. The second-order valence-corrected chi connectivity index (χ2v) is 9.48. The number of rotatable bonds is 12. The molecule has 0 bridgehead atoms. The van der Waals surface area contributed by atoms with Gasteiger partial charge in [0.25, 0.3) is 0 Å². The van der Waals surface area contributed by atoms with Crippen molar-refractivity contribution < 1.29 is 0 Å². The molecule has 0 radical (unpaired) electrons. The Labute approximate surface area is 117 Å². The summed E-state index contributed by atoms with van der Waals surface area (Å²) < 4.78 is 0. The van der Waals surface area contributed by atoms with Crippen LogP contribution in [0.1, 0.15) is 65.2 Å². The average Bonchev–Trinajstić information content (AvgIpc) is 2.35. The number of hydrogen-bond donors (Lipinski definition) is 0. The fraction of sp³-hybridized carbons (Fsp3) is 0.867. The van der Waals surface area contributed by atoms with Crippen molar-refractivity contribution >= 4 is 23.3 Å². The van der Waals surface area contributed by atoms with Crippen LogP contribution in [0.3, 0.4) is 0 Å². The van der Waals surface area contributed by atoms with E-state index in [4.69, 9.17) is 10.0 Å². The van der Waals surface area contributed by atoms with Crippen LogP contribution in [0.15, 0.2) is 12.7 Å². The minimum absolute atomic E-state index is 0.694. The second-order valence-electron chi connectivity index (χ2n) is 5.15. The van der Waals surface area contributed by atoms with Gasteiger partial charge < -0.3 is 0 Å². The van der Waals surface area contributed by atoms with Gasteiger partial charge in [0.05, 0.1) is 0 Å². The lowest BCUT2D eigenvalue weighted by Gasteiger charge is -2.12. The molecule has 2 heteroatoms. The molecule has 0 nitrogen and oxygen atoms in total. The van der Waals surface area contributed by atoms with Crippen LogP contribution in [0.5, 0.6) is 0 Å². The lowest BCUT2D eigenvalue weighted by atomic mass is 10.0. The first-order valence-electron chi connectivity index (χ1n) is 7.51. The van der Waals surface area contributed by atoms with Crippen LogP contribution in [0.4, 0.5) is 0 Å². The van der Waals surface area contributed by atoms with Gasteiger partial charge in [0.1, 0.15) is 0 Å². The fourth-order valence-electron chi connectivity index (χ4n) is 2.19. The minimum atomic E-state index is -0.930. The van der Waals surface area contributed by atoms with Crippen LogP contribution in [-0.2, 0) is 0 Å². The van der Waals surface area contributed by atoms with Crippen LogP contribution >= 0.6 is 10.0 Å². The van der Waals surface area contributed by atoms with Gasteiger partial charge in [0.2, 0.25) is 0 Å². The highest BCUT2D eigenvalue weighted by molar-refractivity contribution is 7.06. The molecule has 0 spiro atoms. The molecule has 0 rings (SSSR count). The Kier molecular flexibility index (Phi) is 13.4. The van der Waals surface area contributed by atoms with E-state index in [2.05, 4.69) is 26.5 Å². The van der Waals surface area contributed by atoms with Gasteiger partial charge in [-0.2, -0.15) is 0 Å². The summed E-state index contributed by atoms with van der Waals surface area (Å²) in [4.78, 5) is 0. The Hall–Kier alpha value is 0.562. The molecule has 0 aliphatic rings. The Balaban J connectivity index is 3.40. The van der Waals surface area contributed by atoms with Gasteiger partial charge in [0, 0.05) is 0 Å². The molecule has 1 unspecified atom stereocenters. The molecule has 0 heterocycles. The largest absolute Gasteiger partial charge is 0.399 e. The van der Waals surface area contributed by atoms with E-state index < -0.39 is 13.2 Å². The Morgan fingerprint density at radius 1 is 1.06 bits per heavy atom. The van der Waals surface area contributed by atoms with Crippen LogP contribution in [-0.4, -0.2) is 13.2 Å². The van der Waals surface area contributed by atoms with E-state index >= 15 is 0 Å². The molecule has 100 valence electrons. The fourth-order valence-corrected chi connectivity index (χ4v) is 4.30. The van der Waals surface area contributed by atoms with Gasteiger partial charge in [-0.1, -0.05) is 75.4 Å². The first-order valence-corrected chi connectivity index (χ1v) is 10.9. The number of unbranched alkanes of at least 4 members (excludes halogenated alkanes) is 6. The predicted molar refractivity (Wildman–Crippen MR) is 83.2 cm³/mol. The van der Waals surface area contributed by atoms with Crippen molar-refractivity contribution in [3.8, 4) is 0 Å². The second kappa shape index (κ2) is 13.0. The van der Waals surface area contributed by atoms with Gasteiger partial charge >= 0.3 is 13.2 Å². The molecule has 0 aliphatic heterocycles. The standard InChI is InChI=1S/C13H25.C2H5.Al.ClH/c1-4-6-7-8-9-10-11-12-13(3)5-2;1-2;;/h5,13H,2-4,6-12H2,1H3;1H2,2H3;;1H/q;;+1;/p-1. The van der Waals surface area contributed by atoms with E-state index in [1.54, 1.807) is 0 Å². The van der Waals surface area contributed by atoms with E-state index in [1.165, 1.54) is 61.9 Å². The van der Waals surface area contributed by atoms with Crippen molar-refractivity contribution in [2.45, 2.75) is 75.8 Å². The first-order chi connectivity index (χ1) is 8.24. The van der Waals surface area contributed by atoms with Gasteiger partial charge in [-0.05, 0) is 12.3 Å². The third-order valence-corrected chi connectivity index (χ3v) is 6.98. The molecule has 0 aromatic rings. The number of halogens is 1. The molecular weight excluding hydrogens is 243 g/mol. The Morgan fingerprint density at radius 3 is 2.18 bits per heavy atom. The summed E-state index contributed by atoms with van der Waals surface area (Å²) in [6, 6.07) is 0. The number of allylic oxidation sites excluding steroid dienone is 1.